The summed E-state index contributed by atoms with van der Waals surface area (Å²) in [6.45, 7) is 2.84. The van der Waals surface area contributed by atoms with Crippen LogP contribution in [0.3, 0.4) is 0 Å². The molecule has 7 heteroatoms. The number of carbonyl (C=O) groups excluding carboxylic acids is 1. The van der Waals surface area contributed by atoms with Gasteiger partial charge in [-0.05, 0) is 12.5 Å². The molecule has 3 N–H and O–H groups in total. The first-order valence-electron chi connectivity index (χ1n) is 5.90. The summed E-state index contributed by atoms with van der Waals surface area (Å²) in [6, 6.07) is 1.63. The van der Waals surface area contributed by atoms with E-state index in [2.05, 4.69) is 32.7 Å². The van der Waals surface area contributed by atoms with E-state index in [1.807, 2.05) is 0 Å². The fraction of sp³-hybridized carbons (Fsp3) is 0.250. The summed E-state index contributed by atoms with van der Waals surface area (Å²) >= 11 is 5.99. The van der Waals surface area contributed by atoms with Gasteiger partial charge in [-0.3, -0.25) is 9.89 Å². The van der Waals surface area contributed by atoms with Crippen molar-refractivity contribution in [2.24, 2.45) is 0 Å². The third-order valence-corrected chi connectivity index (χ3v) is 2.71. The Morgan fingerprint density at radius 3 is 3.00 bits per heavy atom. The minimum atomic E-state index is -0.298. The van der Waals surface area contributed by atoms with Crippen LogP contribution in [0, 0.1) is 0 Å². The van der Waals surface area contributed by atoms with Crippen LogP contribution in [0.15, 0.2) is 24.7 Å². The number of pyridine rings is 1. The number of hydrogen-bond donors (Lipinski definition) is 3. The smallest absolute Gasteiger partial charge is 0.257 e. The lowest BCUT2D eigenvalue weighted by molar-refractivity contribution is 0.102. The average molecular weight is 280 g/mol. The van der Waals surface area contributed by atoms with Crippen LogP contribution in [-0.2, 0) is 0 Å². The Bertz CT molecular complexity index is 555. The van der Waals surface area contributed by atoms with Gasteiger partial charge in [-0.15, -0.1) is 0 Å². The molecule has 0 aromatic carbocycles. The molecule has 0 unspecified atom stereocenters. The summed E-state index contributed by atoms with van der Waals surface area (Å²) in [4.78, 5) is 16.2. The predicted octanol–water partition coefficient (Wildman–Crippen LogP) is 2.53. The third-order valence-electron chi connectivity index (χ3n) is 2.41. The van der Waals surface area contributed by atoms with E-state index in [-0.39, 0.29) is 5.91 Å². The molecule has 2 heterocycles. The molecule has 0 saturated carbocycles. The Morgan fingerprint density at radius 2 is 2.32 bits per heavy atom. The molecule has 2 aromatic rings. The van der Waals surface area contributed by atoms with Crippen LogP contribution in [0.1, 0.15) is 23.7 Å². The first-order valence-corrected chi connectivity index (χ1v) is 6.28. The highest BCUT2D eigenvalue weighted by atomic mass is 35.5. The molecule has 2 rings (SSSR count). The van der Waals surface area contributed by atoms with Gasteiger partial charge < -0.3 is 10.6 Å². The number of amides is 1. The second kappa shape index (κ2) is 6.19. The topological polar surface area (TPSA) is 82.7 Å². The first kappa shape index (κ1) is 13.4. The molecule has 100 valence electrons. The first-order chi connectivity index (χ1) is 9.20. The number of H-pyrrole nitrogens is 1. The average Bonchev–Trinajstić information content (AvgIpc) is 2.90. The molecule has 0 spiro atoms. The molecule has 0 fully saturated rings. The zero-order valence-corrected chi connectivity index (χ0v) is 11.2. The number of nitrogens with one attached hydrogen (secondary N) is 3. The van der Waals surface area contributed by atoms with Crippen LogP contribution in [0.4, 0.5) is 11.5 Å². The maximum Gasteiger partial charge on any atom is 0.257 e. The van der Waals surface area contributed by atoms with Crippen molar-refractivity contribution in [3.05, 3.63) is 35.2 Å². The van der Waals surface area contributed by atoms with Gasteiger partial charge in [0.05, 0.1) is 22.5 Å². The van der Waals surface area contributed by atoms with Crippen LogP contribution < -0.4 is 10.6 Å². The van der Waals surface area contributed by atoms with E-state index in [0.29, 0.717) is 22.1 Å². The molecule has 0 aliphatic carbocycles. The summed E-state index contributed by atoms with van der Waals surface area (Å²) in [5.41, 5.74) is 0.956. The summed E-state index contributed by atoms with van der Waals surface area (Å²) < 4.78 is 0. The van der Waals surface area contributed by atoms with Gasteiger partial charge >= 0.3 is 0 Å². The lowest BCUT2D eigenvalue weighted by Gasteiger charge is -2.08. The lowest BCUT2D eigenvalue weighted by atomic mass is 10.2. The number of carbonyl (C=O) groups is 1. The SMILES string of the molecule is CCCNc1cc(C(=O)Nc2cn[nH]c2)c(Cl)cn1. The lowest BCUT2D eigenvalue weighted by Crippen LogP contribution is -2.13. The fourth-order valence-electron chi connectivity index (χ4n) is 1.48. The van der Waals surface area contributed by atoms with E-state index in [1.54, 1.807) is 12.3 Å². The molecule has 6 nitrogen and oxygen atoms in total. The molecule has 0 aliphatic heterocycles. The standard InChI is InChI=1S/C12H14ClN5O/c1-2-3-14-11-4-9(10(13)7-15-11)12(19)18-8-5-16-17-6-8/h4-7H,2-3H2,1H3,(H,14,15)(H,16,17)(H,18,19). The molecular weight excluding hydrogens is 266 g/mol. The Morgan fingerprint density at radius 1 is 1.47 bits per heavy atom. The van der Waals surface area contributed by atoms with E-state index in [4.69, 9.17) is 11.6 Å². The van der Waals surface area contributed by atoms with Gasteiger partial charge in [-0.1, -0.05) is 18.5 Å². The van der Waals surface area contributed by atoms with Crippen molar-refractivity contribution in [3.63, 3.8) is 0 Å². The number of aromatic nitrogens is 3. The second-order valence-corrected chi connectivity index (χ2v) is 4.32. The number of anilines is 2. The summed E-state index contributed by atoms with van der Waals surface area (Å²) in [5, 5.41) is 12.5. The normalized spacial score (nSPS) is 10.2. The molecular formula is C12H14ClN5O. The van der Waals surface area contributed by atoms with Crippen LogP contribution in [0.25, 0.3) is 0 Å². The minimum absolute atomic E-state index is 0.298. The van der Waals surface area contributed by atoms with E-state index >= 15 is 0 Å². The van der Waals surface area contributed by atoms with Crippen molar-refractivity contribution in [1.29, 1.82) is 0 Å². The summed E-state index contributed by atoms with van der Waals surface area (Å²) in [5.74, 6) is 0.331. The van der Waals surface area contributed by atoms with Gasteiger partial charge in [0.1, 0.15) is 5.82 Å². The summed E-state index contributed by atoms with van der Waals surface area (Å²) in [6.07, 6.45) is 5.54. The summed E-state index contributed by atoms with van der Waals surface area (Å²) in [7, 11) is 0. The fourth-order valence-corrected chi connectivity index (χ4v) is 1.67. The van der Waals surface area contributed by atoms with Crippen LogP contribution in [-0.4, -0.2) is 27.6 Å². The molecule has 0 bridgehead atoms. The molecule has 19 heavy (non-hydrogen) atoms. The zero-order chi connectivity index (χ0) is 13.7. The van der Waals surface area contributed by atoms with Gasteiger partial charge in [0.2, 0.25) is 0 Å². The van der Waals surface area contributed by atoms with Crippen molar-refractivity contribution in [3.8, 4) is 0 Å². The highest BCUT2D eigenvalue weighted by Gasteiger charge is 2.12. The van der Waals surface area contributed by atoms with E-state index < -0.39 is 0 Å². The Kier molecular flexibility index (Phi) is 4.35. The largest absolute Gasteiger partial charge is 0.370 e. The molecule has 0 saturated heterocycles. The highest BCUT2D eigenvalue weighted by Crippen LogP contribution is 2.19. The van der Waals surface area contributed by atoms with Crippen molar-refractivity contribution >= 4 is 29.0 Å². The Hall–Kier alpha value is -2.08. The molecule has 0 radical (unpaired) electrons. The number of halogens is 1. The maximum absolute atomic E-state index is 12.1. The minimum Gasteiger partial charge on any atom is -0.370 e. The molecule has 0 atom stereocenters. The van der Waals surface area contributed by atoms with Gasteiger partial charge in [0, 0.05) is 18.9 Å². The van der Waals surface area contributed by atoms with Gasteiger partial charge in [0.15, 0.2) is 0 Å². The van der Waals surface area contributed by atoms with E-state index in [9.17, 15) is 4.79 Å². The van der Waals surface area contributed by atoms with E-state index in [0.717, 1.165) is 13.0 Å². The highest BCUT2D eigenvalue weighted by molar-refractivity contribution is 6.34. The number of hydrogen-bond acceptors (Lipinski definition) is 4. The van der Waals surface area contributed by atoms with Gasteiger partial charge in [-0.2, -0.15) is 5.10 Å². The second-order valence-electron chi connectivity index (χ2n) is 3.92. The van der Waals surface area contributed by atoms with Gasteiger partial charge in [0.25, 0.3) is 5.91 Å². The quantitative estimate of drug-likeness (QED) is 0.785. The zero-order valence-electron chi connectivity index (χ0n) is 10.4. The van der Waals surface area contributed by atoms with Crippen molar-refractivity contribution in [1.82, 2.24) is 15.2 Å². The molecule has 2 aromatic heterocycles. The Balaban J connectivity index is 2.15. The van der Waals surface area contributed by atoms with Crippen molar-refractivity contribution in [2.45, 2.75) is 13.3 Å². The van der Waals surface area contributed by atoms with Gasteiger partial charge in [-0.25, -0.2) is 4.98 Å². The van der Waals surface area contributed by atoms with E-state index in [1.165, 1.54) is 12.4 Å². The number of rotatable bonds is 5. The monoisotopic (exact) mass is 279 g/mol. The van der Waals surface area contributed by atoms with Crippen LogP contribution in [0.2, 0.25) is 5.02 Å². The maximum atomic E-state index is 12.1. The van der Waals surface area contributed by atoms with Crippen LogP contribution in [0.5, 0.6) is 0 Å². The van der Waals surface area contributed by atoms with Crippen molar-refractivity contribution < 1.29 is 4.79 Å². The number of aromatic amines is 1. The number of nitrogens with zero attached hydrogens (tertiary/aromatic N) is 2. The molecule has 1 amide bonds. The van der Waals surface area contributed by atoms with Crippen molar-refractivity contribution in [2.75, 3.05) is 17.2 Å². The van der Waals surface area contributed by atoms with Crippen LogP contribution >= 0.6 is 11.6 Å². The molecule has 0 aliphatic rings. The Labute approximate surface area is 115 Å². The predicted molar refractivity (Wildman–Crippen MR) is 74.6 cm³/mol. The third kappa shape index (κ3) is 3.45.